The quantitative estimate of drug-likeness (QED) is 0.773. The van der Waals surface area contributed by atoms with E-state index in [1.54, 1.807) is 36.9 Å². The number of carbonyl (C=O) groups is 1. The van der Waals surface area contributed by atoms with Gasteiger partial charge in [-0.1, -0.05) is 11.6 Å². The molecule has 17 heavy (non-hydrogen) atoms. The molecule has 0 aliphatic carbocycles. The van der Waals surface area contributed by atoms with E-state index in [-0.39, 0.29) is 0 Å². The third kappa shape index (κ3) is 1.74. The summed E-state index contributed by atoms with van der Waals surface area (Å²) in [4.78, 5) is 11.6. The van der Waals surface area contributed by atoms with Crippen LogP contribution in [0.25, 0.3) is 10.9 Å². The average molecular weight is 254 g/mol. The Morgan fingerprint density at radius 2 is 2.06 bits per heavy atom. The third-order valence-electron chi connectivity index (χ3n) is 2.72. The average Bonchev–Trinajstić information content (AvgIpc) is 2.68. The Hall–Kier alpha value is -1.68. The predicted molar refractivity (Wildman–Crippen MR) is 65.8 cm³/mol. The molecule has 0 aliphatic rings. The first-order valence-corrected chi connectivity index (χ1v) is 5.38. The second-order valence-electron chi connectivity index (χ2n) is 3.59. The normalized spacial score (nSPS) is 10.6. The van der Waals surface area contributed by atoms with Crippen molar-refractivity contribution in [2.45, 2.75) is 0 Å². The first kappa shape index (κ1) is 11.8. The first-order chi connectivity index (χ1) is 8.10. The minimum atomic E-state index is -0.401. The standard InChI is InChI=1S/C12H12ClNO3/c1-14-9(12(15)17-3)6-7-10(16-2)5-4-8(13)11(7)14/h4-6H,1-3H3. The van der Waals surface area contributed by atoms with Crippen molar-refractivity contribution in [1.82, 2.24) is 4.57 Å². The molecule has 0 radical (unpaired) electrons. The van der Waals surface area contributed by atoms with Gasteiger partial charge in [0.25, 0.3) is 0 Å². The Labute approximate surface area is 104 Å². The van der Waals surface area contributed by atoms with E-state index in [0.29, 0.717) is 16.5 Å². The van der Waals surface area contributed by atoms with Crippen molar-refractivity contribution in [1.29, 1.82) is 0 Å². The molecule has 0 spiro atoms. The monoisotopic (exact) mass is 253 g/mol. The highest BCUT2D eigenvalue weighted by atomic mass is 35.5. The molecule has 1 heterocycles. The topological polar surface area (TPSA) is 40.5 Å². The summed E-state index contributed by atoms with van der Waals surface area (Å²) < 4.78 is 11.7. The maximum atomic E-state index is 11.6. The van der Waals surface area contributed by atoms with Gasteiger partial charge in [0, 0.05) is 12.4 Å². The van der Waals surface area contributed by atoms with Crippen LogP contribution in [-0.4, -0.2) is 24.8 Å². The maximum Gasteiger partial charge on any atom is 0.354 e. The van der Waals surface area contributed by atoms with Crippen LogP contribution < -0.4 is 4.74 Å². The number of benzene rings is 1. The molecule has 0 saturated heterocycles. The molecule has 0 saturated carbocycles. The molecule has 0 bridgehead atoms. The molecule has 2 rings (SSSR count). The third-order valence-corrected chi connectivity index (χ3v) is 3.03. The van der Waals surface area contributed by atoms with E-state index in [9.17, 15) is 4.79 Å². The smallest absolute Gasteiger partial charge is 0.354 e. The molecule has 4 nitrogen and oxygen atoms in total. The lowest BCUT2D eigenvalue weighted by atomic mass is 10.2. The van der Waals surface area contributed by atoms with Crippen molar-refractivity contribution in [3.63, 3.8) is 0 Å². The Kier molecular flexibility index (Phi) is 2.98. The molecular formula is C12H12ClNO3. The van der Waals surface area contributed by atoms with Gasteiger partial charge in [-0.05, 0) is 18.2 Å². The summed E-state index contributed by atoms with van der Waals surface area (Å²) in [7, 11) is 4.69. The van der Waals surface area contributed by atoms with Gasteiger partial charge in [0.05, 0.1) is 24.8 Å². The molecule has 0 aliphatic heterocycles. The van der Waals surface area contributed by atoms with Crippen LogP contribution in [0, 0.1) is 0 Å². The summed E-state index contributed by atoms with van der Waals surface area (Å²) in [5.41, 5.74) is 1.19. The van der Waals surface area contributed by atoms with Gasteiger partial charge in [-0.3, -0.25) is 0 Å². The number of aryl methyl sites for hydroxylation is 1. The first-order valence-electron chi connectivity index (χ1n) is 5.00. The number of hydrogen-bond donors (Lipinski definition) is 0. The van der Waals surface area contributed by atoms with Gasteiger partial charge >= 0.3 is 5.97 Å². The Morgan fingerprint density at radius 3 is 2.65 bits per heavy atom. The molecule has 0 N–H and O–H groups in total. The molecule has 2 aromatic rings. The number of aromatic nitrogens is 1. The number of fused-ring (bicyclic) bond motifs is 1. The summed E-state index contributed by atoms with van der Waals surface area (Å²) in [6.07, 6.45) is 0. The molecule has 0 fully saturated rings. The van der Waals surface area contributed by atoms with E-state index in [1.807, 2.05) is 0 Å². The zero-order valence-corrected chi connectivity index (χ0v) is 10.5. The Morgan fingerprint density at radius 1 is 1.35 bits per heavy atom. The highest BCUT2D eigenvalue weighted by molar-refractivity contribution is 6.35. The van der Waals surface area contributed by atoms with Gasteiger partial charge in [-0.15, -0.1) is 0 Å². The Bertz CT molecular complexity index is 589. The number of halogens is 1. The minimum Gasteiger partial charge on any atom is -0.496 e. The Balaban J connectivity index is 2.80. The fourth-order valence-corrected chi connectivity index (χ4v) is 2.17. The van der Waals surface area contributed by atoms with Crippen LogP contribution in [0.4, 0.5) is 0 Å². The van der Waals surface area contributed by atoms with Crippen molar-refractivity contribution < 1.29 is 14.3 Å². The summed E-state index contributed by atoms with van der Waals surface area (Å²) in [6, 6.07) is 5.22. The van der Waals surface area contributed by atoms with Crippen LogP contribution in [0.5, 0.6) is 5.75 Å². The number of carbonyl (C=O) groups excluding carboxylic acids is 1. The van der Waals surface area contributed by atoms with Gasteiger partial charge in [-0.25, -0.2) is 4.79 Å². The molecule has 0 unspecified atom stereocenters. The second-order valence-corrected chi connectivity index (χ2v) is 4.00. The van der Waals surface area contributed by atoms with E-state index < -0.39 is 5.97 Å². The molecule has 1 aromatic heterocycles. The van der Waals surface area contributed by atoms with E-state index >= 15 is 0 Å². The molecule has 90 valence electrons. The lowest BCUT2D eigenvalue weighted by molar-refractivity contribution is 0.0590. The van der Waals surface area contributed by atoms with E-state index in [4.69, 9.17) is 21.1 Å². The summed E-state index contributed by atoms with van der Waals surface area (Å²) in [5.74, 6) is 0.275. The number of methoxy groups -OCH3 is 2. The van der Waals surface area contributed by atoms with Gasteiger partial charge < -0.3 is 14.0 Å². The fraction of sp³-hybridized carbons (Fsp3) is 0.250. The number of esters is 1. The summed E-state index contributed by atoms with van der Waals surface area (Å²) in [5, 5.41) is 1.36. The minimum absolute atomic E-state index is 0.401. The fourth-order valence-electron chi connectivity index (χ4n) is 1.88. The van der Waals surface area contributed by atoms with Crippen LogP contribution in [-0.2, 0) is 11.8 Å². The van der Waals surface area contributed by atoms with Crippen LogP contribution in [0.3, 0.4) is 0 Å². The van der Waals surface area contributed by atoms with E-state index in [1.165, 1.54) is 7.11 Å². The largest absolute Gasteiger partial charge is 0.496 e. The zero-order chi connectivity index (χ0) is 12.6. The van der Waals surface area contributed by atoms with Crippen molar-refractivity contribution in [3.8, 4) is 5.75 Å². The number of hydrogen-bond acceptors (Lipinski definition) is 3. The van der Waals surface area contributed by atoms with Crippen LogP contribution >= 0.6 is 11.6 Å². The summed E-state index contributed by atoms with van der Waals surface area (Å²) >= 11 is 6.12. The number of rotatable bonds is 2. The SMILES string of the molecule is COC(=O)c1cc2c(OC)ccc(Cl)c2n1C. The molecule has 0 atom stereocenters. The van der Waals surface area contributed by atoms with E-state index in [2.05, 4.69) is 0 Å². The van der Waals surface area contributed by atoms with Gasteiger partial charge in [0.1, 0.15) is 11.4 Å². The molecule has 1 aromatic carbocycles. The molecular weight excluding hydrogens is 242 g/mol. The zero-order valence-electron chi connectivity index (χ0n) is 9.78. The van der Waals surface area contributed by atoms with Crippen molar-refractivity contribution in [3.05, 3.63) is 28.9 Å². The highest BCUT2D eigenvalue weighted by Gasteiger charge is 2.17. The summed E-state index contributed by atoms with van der Waals surface area (Å²) in [6.45, 7) is 0. The van der Waals surface area contributed by atoms with Gasteiger partial charge in [0.2, 0.25) is 0 Å². The number of nitrogens with zero attached hydrogens (tertiary/aromatic N) is 1. The highest BCUT2D eigenvalue weighted by Crippen LogP contribution is 2.33. The predicted octanol–water partition coefficient (Wildman–Crippen LogP) is 2.63. The lowest BCUT2D eigenvalue weighted by Crippen LogP contribution is -2.07. The van der Waals surface area contributed by atoms with Crippen molar-refractivity contribution >= 4 is 28.5 Å². The molecule has 5 heteroatoms. The van der Waals surface area contributed by atoms with Crippen LogP contribution in [0.1, 0.15) is 10.5 Å². The van der Waals surface area contributed by atoms with Crippen LogP contribution in [0.2, 0.25) is 5.02 Å². The van der Waals surface area contributed by atoms with E-state index in [0.717, 1.165) is 10.9 Å². The van der Waals surface area contributed by atoms with Crippen molar-refractivity contribution in [2.75, 3.05) is 14.2 Å². The van der Waals surface area contributed by atoms with Gasteiger partial charge in [0.15, 0.2) is 0 Å². The second kappa shape index (κ2) is 4.30. The number of ether oxygens (including phenoxy) is 2. The van der Waals surface area contributed by atoms with Crippen LogP contribution in [0.15, 0.2) is 18.2 Å². The molecule has 0 amide bonds. The van der Waals surface area contributed by atoms with Gasteiger partial charge in [-0.2, -0.15) is 0 Å². The lowest BCUT2D eigenvalue weighted by Gasteiger charge is -2.05. The maximum absolute atomic E-state index is 11.6. The van der Waals surface area contributed by atoms with Crippen molar-refractivity contribution in [2.24, 2.45) is 7.05 Å².